The first-order valence-corrected chi connectivity index (χ1v) is 11.0. The molecular weight excluding hydrogens is 412 g/mol. The highest BCUT2D eigenvalue weighted by Crippen LogP contribution is 2.25. The number of anilines is 2. The van der Waals surface area contributed by atoms with Crippen molar-refractivity contribution in [3.05, 3.63) is 49.1 Å². The summed E-state index contributed by atoms with van der Waals surface area (Å²) in [5, 5.41) is 7.56. The number of hydrogen-bond acceptors (Lipinski definition) is 10. The lowest BCUT2D eigenvalue weighted by molar-refractivity contribution is 0.601. The van der Waals surface area contributed by atoms with Crippen molar-refractivity contribution >= 4 is 49.9 Å². The predicted octanol–water partition coefficient (Wildman–Crippen LogP) is 2.34. The Hall–Kier alpha value is -3.51. The molecule has 0 atom stereocenters. The zero-order valence-electron chi connectivity index (χ0n) is 14.9. The van der Waals surface area contributed by atoms with E-state index in [2.05, 4.69) is 34.1 Å². The van der Waals surface area contributed by atoms with Gasteiger partial charge in [0.1, 0.15) is 16.7 Å². The fourth-order valence-corrected chi connectivity index (χ4v) is 3.92. The van der Waals surface area contributed by atoms with E-state index in [-0.39, 0.29) is 4.90 Å². The van der Waals surface area contributed by atoms with Crippen LogP contribution in [0.2, 0.25) is 0 Å². The summed E-state index contributed by atoms with van der Waals surface area (Å²) in [6.45, 7) is 0. The lowest BCUT2D eigenvalue weighted by Crippen LogP contribution is -1.99. The molecule has 0 spiro atoms. The van der Waals surface area contributed by atoms with E-state index in [1.54, 1.807) is 23.1 Å². The number of aromatic nitrogens is 7. The van der Waals surface area contributed by atoms with Crippen molar-refractivity contribution in [3.8, 4) is 11.3 Å². The Kier molecular flexibility index (Phi) is 3.96. The van der Waals surface area contributed by atoms with E-state index in [1.165, 1.54) is 12.3 Å². The summed E-state index contributed by atoms with van der Waals surface area (Å²) >= 11 is 1.15. The van der Waals surface area contributed by atoms with Crippen LogP contribution in [0.4, 0.5) is 11.6 Å². The van der Waals surface area contributed by atoms with Gasteiger partial charge >= 0.3 is 0 Å². The van der Waals surface area contributed by atoms with Crippen molar-refractivity contribution in [3.63, 3.8) is 0 Å². The summed E-state index contributed by atoms with van der Waals surface area (Å²) in [5.41, 5.74) is 3.87. The van der Waals surface area contributed by atoms with E-state index in [1.807, 2.05) is 18.2 Å². The van der Waals surface area contributed by atoms with Gasteiger partial charge in [-0.2, -0.15) is 13.7 Å². The van der Waals surface area contributed by atoms with Gasteiger partial charge in [0, 0.05) is 42.3 Å². The number of hydrogen-bond donors (Lipinski definition) is 1. The van der Waals surface area contributed by atoms with Crippen molar-refractivity contribution in [1.29, 1.82) is 0 Å². The molecule has 0 radical (unpaired) electrons. The minimum atomic E-state index is -3.39. The van der Waals surface area contributed by atoms with Gasteiger partial charge in [0.25, 0.3) is 0 Å². The van der Waals surface area contributed by atoms with E-state index in [0.29, 0.717) is 22.9 Å². The van der Waals surface area contributed by atoms with Gasteiger partial charge in [-0.3, -0.25) is 9.97 Å². The molecule has 1 N–H and O–H groups in total. The molecule has 29 heavy (non-hydrogen) atoms. The van der Waals surface area contributed by atoms with Crippen LogP contribution in [0.15, 0.2) is 53.9 Å². The molecule has 5 rings (SSSR count). The van der Waals surface area contributed by atoms with E-state index in [0.717, 1.165) is 34.7 Å². The van der Waals surface area contributed by atoms with E-state index in [4.69, 9.17) is 0 Å². The van der Waals surface area contributed by atoms with Gasteiger partial charge < -0.3 is 5.32 Å². The summed E-state index contributed by atoms with van der Waals surface area (Å²) in [6, 6.07) is 7.12. The molecule has 1 aromatic carbocycles. The number of benzene rings is 1. The zero-order chi connectivity index (χ0) is 20.0. The molecule has 0 aliphatic rings. The second-order valence-corrected chi connectivity index (χ2v) is 8.80. The van der Waals surface area contributed by atoms with Crippen molar-refractivity contribution in [2.24, 2.45) is 0 Å². The average molecular weight is 424 g/mol. The third kappa shape index (κ3) is 3.28. The molecule has 0 saturated carbocycles. The molecule has 5 aromatic rings. The van der Waals surface area contributed by atoms with Crippen molar-refractivity contribution < 1.29 is 8.42 Å². The largest absolute Gasteiger partial charge is 0.323 e. The predicted molar refractivity (Wildman–Crippen MR) is 108 cm³/mol. The van der Waals surface area contributed by atoms with Crippen molar-refractivity contribution in [2.75, 3.05) is 11.6 Å². The molecule has 4 aromatic heterocycles. The summed E-state index contributed by atoms with van der Waals surface area (Å²) in [6.07, 6.45) is 7.22. The quantitative estimate of drug-likeness (QED) is 0.462. The molecule has 0 bridgehead atoms. The molecule has 0 aliphatic heterocycles. The van der Waals surface area contributed by atoms with Gasteiger partial charge in [-0.15, -0.1) is 5.10 Å². The summed E-state index contributed by atoms with van der Waals surface area (Å²) < 4.78 is 33.7. The number of pyridine rings is 1. The molecular formula is C17H12N8O2S2. The van der Waals surface area contributed by atoms with Crippen LogP contribution in [0.3, 0.4) is 0 Å². The van der Waals surface area contributed by atoms with Gasteiger partial charge in [0.2, 0.25) is 5.95 Å². The van der Waals surface area contributed by atoms with E-state index >= 15 is 0 Å². The van der Waals surface area contributed by atoms with Crippen LogP contribution >= 0.6 is 11.7 Å². The highest BCUT2D eigenvalue weighted by Gasteiger charge is 2.15. The van der Waals surface area contributed by atoms with Crippen molar-refractivity contribution in [1.82, 2.24) is 33.3 Å². The molecule has 12 heteroatoms. The summed E-state index contributed by atoms with van der Waals surface area (Å²) in [7, 11) is -3.39. The van der Waals surface area contributed by atoms with Gasteiger partial charge in [0.05, 0.1) is 16.6 Å². The lowest BCUT2D eigenvalue weighted by Gasteiger charge is -2.03. The molecule has 0 aliphatic carbocycles. The first-order chi connectivity index (χ1) is 14.0. The fourth-order valence-electron chi connectivity index (χ4n) is 2.81. The average Bonchev–Trinajstić information content (AvgIpc) is 3.33. The normalized spacial score (nSPS) is 11.9. The number of nitrogens with one attached hydrogen (secondary N) is 1. The van der Waals surface area contributed by atoms with E-state index < -0.39 is 9.84 Å². The first kappa shape index (κ1) is 17.6. The summed E-state index contributed by atoms with van der Waals surface area (Å²) in [5.74, 6) is 0.369. The first-order valence-electron chi connectivity index (χ1n) is 8.33. The highest BCUT2D eigenvalue weighted by atomic mass is 32.2. The van der Waals surface area contributed by atoms with Gasteiger partial charge in [-0.05, 0) is 24.3 Å². The highest BCUT2D eigenvalue weighted by molar-refractivity contribution is 7.90. The molecule has 0 saturated heterocycles. The van der Waals surface area contributed by atoms with Crippen LogP contribution in [-0.2, 0) is 9.84 Å². The van der Waals surface area contributed by atoms with Crippen LogP contribution in [0.25, 0.3) is 27.9 Å². The van der Waals surface area contributed by atoms with Gasteiger partial charge in [0.15, 0.2) is 15.5 Å². The number of nitrogens with zero attached hydrogens (tertiary/aromatic N) is 7. The summed E-state index contributed by atoms with van der Waals surface area (Å²) in [4.78, 5) is 13.0. The van der Waals surface area contributed by atoms with Gasteiger partial charge in [-0.25, -0.2) is 12.9 Å². The molecule has 10 nitrogen and oxygen atoms in total. The Morgan fingerprint density at radius 1 is 1.10 bits per heavy atom. The minimum absolute atomic E-state index is 0.113. The van der Waals surface area contributed by atoms with Crippen LogP contribution in [0.5, 0.6) is 0 Å². The van der Waals surface area contributed by atoms with Crippen LogP contribution < -0.4 is 5.32 Å². The fraction of sp³-hybridized carbons (Fsp3) is 0.0588. The Bertz CT molecular complexity index is 1480. The third-order valence-corrected chi connectivity index (χ3v) is 5.82. The maximum atomic E-state index is 11.8. The number of fused-ring (bicyclic) bond motifs is 2. The Labute approximate surface area is 168 Å². The third-order valence-electron chi connectivity index (χ3n) is 4.18. The number of sulfone groups is 1. The standard InChI is InChI=1S/C17H12N8O2S2/c1-29(26,27)12-6-10(8-18-9-12)15-16-21-17(22-25(16)5-4-19-15)20-11-2-3-13-14(7-11)24-28-23-13/h2-9H,1H3,(H,20,22). The number of rotatable bonds is 4. The Morgan fingerprint density at radius 3 is 2.83 bits per heavy atom. The molecule has 144 valence electrons. The molecule has 0 fully saturated rings. The van der Waals surface area contributed by atoms with Crippen LogP contribution in [0.1, 0.15) is 0 Å². The van der Waals surface area contributed by atoms with Crippen molar-refractivity contribution in [2.45, 2.75) is 4.90 Å². The topological polar surface area (TPSA) is 128 Å². The SMILES string of the molecule is CS(=O)(=O)c1cncc(-c2nccn3nc(Nc4ccc5nsnc5c4)nc23)c1. The van der Waals surface area contributed by atoms with Gasteiger partial charge in [-0.1, -0.05) is 0 Å². The Morgan fingerprint density at radius 2 is 1.97 bits per heavy atom. The molecule has 0 unspecified atom stereocenters. The second-order valence-electron chi connectivity index (χ2n) is 6.25. The maximum absolute atomic E-state index is 11.8. The molecule has 4 heterocycles. The lowest BCUT2D eigenvalue weighted by atomic mass is 10.2. The van der Waals surface area contributed by atoms with E-state index in [9.17, 15) is 8.42 Å². The molecule has 0 amide bonds. The van der Waals surface area contributed by atoms with Crippen LogP contribution in [0, 0.1) is 0 Å². The zero-order valence-corrected chi connectivity index (χ0v) is 16.5. The maximum Gasteiger partial charge on any atom is 0.247 e. The Balaban J connectivity index is 1.56. The van der Waals surface area contributed by atoms with Crippen LogP contribution in [-0.4, -0.2) is 48.0 Å². The monoisotopic (exact) mass is 424 g/mol. The smallest absolute Gasteiger partial charge is 0.247 e. The second kappa shape index (κ2) is 6.53. The minimum Gasteiger partial charge on any atom is -0.323 e.